The lowest BCUT2D eigenvalue weighted by atomic mass is 10.0. The molecular weight excluding hydrogens is 389 g/mol. The number of aryl methyl sites for hydroxylation is 1. The van der Waals surface area contributed by atoms with Crippen LogP contribution in [0.4, 0.5) is 4.39 Å². The van der Waals surface area contributed by atoms with Gasteiger partial charge in [0.25, 0.3) is 0 Å². The molecule has 3 rings (SSSR count). The molecule has 0 aliphatic heterocycles. The second kappa shape index (κ2) is 8.21. The molecule has 0 saturated carbocycles. The van der Waals surface area contributed by atoms with Gasteiger partial charge in [0.15, 0.2) is 9.84 Å². The smallest absolute Gasteiger partial charge is 0.175 e. The fraction of sp³-hybridized carbons (Fsp3) is 0.211. The molecule has 5 nitrogen and oxygen atoms in total. The van der Waals surface area contributed by atoms with Crippen molar-refractivity contribution in [1.82, 2.24) is 9.55 Å². The summed E-state index contributed by atoms with van der Waals surface area (Å²) in [6, 6.07) is 12.3. The van der Waals surface area contributed by atoms with Crippen molar-refractivity contribution in [3.8, 4) is 11.1 Å². The average molecular weight is 410 g/mol. The van der Waals surface area contributed by atoms with E-state index in [4.69, 9.17) is 5.73 Å². The van der Waals surface area contributed by atoms with Gasteiger partial charge in [-0.25, -0.2) is 17.8 Å². The zero-order valence-electron chi connectivity index (χ0n) is 15.0. The van der Waals surface area contributed by atoms with E-state index in [9.17, 15) is 12.8 Å². The van der Waals surface area contributed by atoms with E-state index >= 15 is 0 Å². The lowest BCUT2D eigenvalue weighted by molar-refractivity contribution is 0.553. The van der Waals surface area contributed by atoms with Gasteiger partial charge in [-0.1, -0.05) is 24.3 Å². The molecule has 27 heavy (non-hydrogen) atoms. The van der Waals surface area contributed by atoms with Crippen LogP contribution in [-0.4, -0.2) is 30.8 Å². The predicted molar refractivity (Wildman–Crippen MR) is 109 cm³/mol. The number of hydrogen-bond acceptors (Lipinski definition) is 4. The number of nitrogens with two attached hydrogens (primary N) is 1. The van der Waals surface area contributed by atoms with Gasteiger partial charge in [-0.05, 0) is 36.8 Å². The lowest BCUT2D eigenvalue weighted by Gasteiger charge is -2.07. The van der Waals surface area contributed by atoms with Crippen molar-refractivity contribution in [2.75, 3.05) is 12.8 Å². The molecular formula is C19H21ClFN3O2S. The zero-order valence-corrected chi connectivity index (χ0v) is 16.6. The molecule has 0 saturated heterocycles. The third-order valence-corrected chi connectivity index (χ3v) is 5.30. The van der Waals surface area contributed by atoms with Crippen molar-refractivity contribution in [3.05, 3.63) is 60.2 Å². The number of allylic oxidation sites excluding steroid dienone is 1. The Bertz CT molecular complexity index is 1110. The number of aromatic nitrogens is 2. The van der Waals surface area contributed by atoms with E-state index in [1.807, 2.05) is 31.2 Å². The Morgan fingerprint density at radius 1 is 1.26 bits per heavy atom. The Hall–Kier alpha value is -2.22. The van der Waals surface area contributed by atoms with Gasteiger partial charge >= 0.3 is 0 Å². The third kappa shape index (κ3) is 4.37. The summed E-state index contributed by atoms with van der Waals surface area (Å²) < 4.78 is 39.4. The number of nitrogens with zero attached hydrogens (tertiary/aromatic N) is 2. The molecule has 144 valence electrons. The standard InChI is InChI=1S/C19H20FN3O2S.ClH/c1-13-22-19-17(14-5-3-6-16(11-14)26(2,24)25)7-4-8-18(19)23(13)12-15(20)9-10-21;/h3-9,11H,10,12,21H2,1-2H3;1H/b15-9-;. The summed E-state index contributed by atoms with van der Waals surface area (Å²) in [6.07, 6.45) is 2.52. The summed E-state index contributed by atoms with van der Waals surface area (Å²) in [5.74, 6) is 0.353. The van der Waals surface area contributed by atoms with E-state index in [0.29, 0.717) is 11.3 Å². The SMILES string of the molecule is Cc1nc2c(-c3cccc(S(C)(=O)=O)c3)cccc2n1C/C(F)=C/CN.Cl. The van der Waals surface area contributed by atoms with Crippen LogP contribution in [0.5, 0.6) is 0 Å². The topological polar surface area (TPSA) is 78.0 Å². The largest absolute Gasteiger partial charge is 0.327 e. The van der Waals surface area contributed by atoms with Gasteiger partial charge in [0, 0.05) is 18.4 Å². The average Bonchev–Trinajstić information content (AvgIpc) is 2.90. The van der Waals surface area contributed by atoms with Crippen LogP contribution in [0.15, 0.2) is 59.3 Å². The van der Waals surface area contributed by atoms with Gasteiger partial charge in [-0.3, -0.25) is 0 Å². The van der Waals surface area contributed by atoms with E-state index in [2.05, 4.69) is 4.98 Å². The second-order valence-corrected chi connectivity index (χ2v) is 8.12. The molecule has 0 aliphatic rings. The number of rotatable bonds is 5. The first kappa shape index (κ1) is 21.1. The summed E-state index contributed by atoms with van der Waals surface area (Å²) >= 11 is 0. The van der Waals surface area contributed by atoms with Crippen LogP contribution in [0.2, 0.25) is 0 Å². The molecule has 0 aliphatic carbocycles. The predicted octanol–water partition coefficient (Wildman–Crippen LogP) is 3.65. The van der Waals surface area contributed by atoms with E-state index in [0.717, 1.165) is 16.6 Å². The first-order chi connectivity index (χ1) is 12.3. The summed E-state index contributed by atoms with van der Waals surface area (Å²) in [7, 11) is -3.31. The normalized spacial score (nSPS) is 12.2. The van der Waals surface area contributed by atoms with Gasteiger partial charge in [-0.2, -0.15) is 0 Å². The maximum absolute atomic E-state index is 13.9. The maximum Gasteiger partial charge on any atom is 0.175 e. The molecule has 3 aromatic rings. The Morgan fingerprint density at radius 2 is 1.96 bits per heavy atom. The van der Waals surface area contributed by atoms with E-state index < -0.39 is 9.84 Å². The quantitative estimate of drug-likeness (QED) is 0.697. The molecule has 8 heteroatoms. The molecule has 1 aromatic heterocycles. The molecule has 0 unspecified atom stereocenters. The molecule has 0 fully saturated rings. The zero-order chi connectivity index (χ0) is 18.9. The van der Waals surface area contributed by atoms with Crippen molar-refractivity contribution in [2.24, 2.45) is 5.73 Å². The van der Waals surface area contributed by atoms with Crippen LogP contribution in [0, 0.1) is 6.92 Å². The number of sulfone groups is 1. The van der Waals surface area contributed by atoms with Crippen LogP contribution < -0.4 is 5.73 Å². The molecule has 0 amide bonds. The van der Waals surface area contributed by atoms with Gasteiger partial charge in [0.2, 0.25) is 0 Å². The van der Waals surface area contributed by atoms with Crippen molar-refractivity contribution in [1.29, 1.82) is 0 Å². The highest BCUT2D eigenvalue weighted by Crippen LogP contribution is 2.30. The van der Waals surface area contributed by atoms with E-state index in [-0.39, 0.29) is 36.2 Å². The first-order valence-corrected chi connectivity index (χ1v) is 10.0. The summed E-state index contributed by atoms with van der Waals surface area (Å²) in [4.78, 5) is 4.83. The number of halogens is 2. The third-order valence-electron chi connectivity index (χ3n) is 4.19. The molecule has 0 bridgehead atoms. The van der Waals surface area contributed by atoms with E-state index in [1.165, 1.54) is 12.3 Å². The van der Waals surface area contributed by atoms with Crippen molar-refractivity contribution in [2.45, 2.75) is 18.4 Å². The number of fused-ring (bicyclic) bond motifs is 1. The van der Waals surface area contributed by atoms with Crippen molar-refractivity contribution >= 4 is 33.3 Å². The minimum Gasteiger partial charge on any atom is -0.327 e. The minimum atomic E-state index is -3.31. The van der Waals surface area contributed by atoms with E-state index in [1.54, 1.807) is 22.8 Å². The summed E-state index contributed by atoms with van der Waals surface area (Å²) in [5, 5.41) is 0. The van der Waals surface area contributed by atoms with Gasteiger partial charge in [-0.15, -0.1) is 12.4 Å². The lowest BCUT2D eigenvalue weighted by Crippen LogP contribution is -2.03. The minimum absolute atomic E-state index is 0. The van der Waals surface area contributed by atoms with Gasteiger partial charge < -0.3 is 10.3 Å². The Morgan fingerprint density at radius 3 is 2.63 bits per heavy atom. The van der Waals surface area contributed by atoms with Crippen molar-refractivity contribution < 1.29 is 12.8 Å². The monoisotopic (exact) mass is 409 g/mol. The van der Waals surface area contributed by atoms with Gasteiger partial charge in [0.1, 0.15) is 11.7 Å². The van der Waals surface area contributed by atoms with Crippen LogP contribution >= 0.6 is 12.4 Å². The molecule has 2 N–H and O–H groups in total. The first-order valence-electron chi connectivity index (χ1n) is 8.12. The number of para-hydroxylation sites is 1. The number of imidazole rings is 1. The molecule has 2 aromatic carbocycles. The fourth-order valence-corrected chi connectivity index (χ4v) is 3.60. The van der Waals surface area contributed by atoms with Crippen LogP contribution in [0.3, 0.4) is 0 Å². The summed E-state index contributed by atoms with van der Waals surface area (Å²) in [5.41, 5.74) is 8.41. The Balaban J connectivity index is 0.00000261. The highest BCUT2D eigenvalue weighted by atomic mass is 35.5. The Kier molecular flexibility index (Phi) is 6.41. The second-order valence-electron chi connectivity index (χ2n) is 6.11. The molecule has 1 heterocycles. The van der Waals surface area contributed by atoms with Crippen LogP contribution in [0.1, 0.15) is 5.82 Å². The Labute approximate surface area is 164 Å². The summed E-state index contributed by atoms with van der Waals surface area (Å²) in [6.45, 7) is 2.01. The number of hydrogen-bond donors (Lipinski definition) is 1. The highest BCUT2D eigenvalue weighted by molar-refractivity contribution is 7.90. The molecule has 0 atom stereocenters. The number of benzene rings is 2. The van der Waals surface area contributed by atoms with Gasteiger partial charge in [0.05, 0.1) is 22.5 Å². The molecule has 0 spiro atoms. The van der Waals surface area contributed by atoms with Crippen LogP contribution in [0.25, 0.3) is 22.2 Å². The fourth-order valence-electron chi connectivity index (χ4n) is 2.93. The van der Waals surface area contributed by atoms with Crippen LogP contribution in [-0.2, 0) is 16.4 Å². The maximum atomic E-state index is 13.9. The highest BCUT2D eigenvalue weighted by Gasteiger charge is 2.15. The van der Waals surface area contributed by atoms with Crippen molar-refractivity contribution in [3.63, 3.8) is 0 Å². The molecule has 0 radical (unpaired) electrons.